The van der Waals surface area contributed by atoms with E-state index in [0.29, 0.717) is 11.8 Å². The van der Waals surface area contributed by atoms with Crippen LogP contribution < -0.4 is 0 Å². The SMILES string of the molecule is CCc1ccc(C(C)C2CCCCC2O)nc1. The van der Waals surface area contributed by atoms with Crippen LogP contribution in [0.3, 0.4) is 0 Å². The van der Waals surface area contributed by atoms with Crippen molar-refractivity contribution in [2.45, 2.75) is 58.0 Å². The molecule has 2 nitrogen and oxygen atoms in total. The predicted octanol–water partition coefficient (Wildman–Crippen LogP) is 3.30. The lowest BCUT2D eigenvalue weighted by Gasteiger charge is -2.32. The van der Waals surface area contributed by atoms with Crippen LogP contribution in [0.2, 0.25) is 0 Å². The zero-order chi connectivity index (χ0) is 12.3. The van der Waals surface area contributed by atoms with E-state index >= 15 is 0 Å². The highest BCUT2D eigenvalue weighted by atomic mass is 16.3. The molecule has 1 aliphatic rings. The Hall–Kier alpha value is -0.890. The van der Waals surface area contributed by atoms with E-state index in [0.717, 1.165) is 25.0 Å². The third-order valence-corrected chi connectivity index (χ3v) is 4.15. The van der Waals surface area contributed by atoms with E-state index in [1.54, 1.807) is 0 Å². The van der Waals surface area contributed by atoms with Gasteiger partial charge in [0.2, 0.25) is 0 Å². The van der Waals surface area contributed by atoms with Crippen LogP contribution in [0.25, 0.3) is 0 Å². The average molecular weight is 233 g/mol. The Morgan fingerprint density at radius 2 is 2.12 bits per heavy atom. The van der Waals surface area contributed by atoms with E-state index in [1.807, 2.05) is 6.20 Å². The molecule has 0 saturated heterocycles. The fourth-order valence-electron chi connectivity index (χ4n) is 2.86. The molecule has 2 rings (SSSR count). The minimum Gasteiger partial charge on any atom is -0.393 e. The molecule has 1 saturated carbocycles. The maximum Gasteiger partial charge on any atom is 0.0574 e. The van der Waals surface area contributed by atoms with Crippen LogP contribution in [0.15, 0.2) is 18.3 Å². The van der Waals surface area contributed by atoms with Crippen LogP contribution >= 0.6 is 0 Å². The second kappa shape index (κ2) is 5.63. The van der Waals surface area contributed by atoms with Crippen molar-refractivity contribution in [2.24, 2.45) is 5.92 Å². The molecule has 0 radical (unpaired) electrons. The number of aryl methyl sites for hydroxylation is 1. The van der Waals surface area contributed by atoms with Crippen LogP contribution in [-0.4, -0.2) is 16.2 Å². The topological polar surface area (TPSA) is 33.1 Å². The van der Waals surface area contributed by atoms with Gasteiger partial charge < -0.3 is 5.11 Å². The monoisotopic (exact) mass is 233 g/mol. The molecule has 2 heteroatoms. The number of hydrogen-bond donors (Lipinski definition) is 1. The van der Waals surface area contributed by atoms with Gasteiger partial charge in [0.25, 0.3) is 0 Å². The molecule has 0 aliphatic heterocycles. The molecule has 1 aromatic rings. The van der Waals surface area contributed by atoms with Crippen molar-refractivity contribution in [3.05, 3.63) is 29.6 Å². The standard InChI is InChI=1S/C15H23NO/c1-3-12-8-9-14(16-10-12)11(2)13-6-4-5-7-15(13)17/h8-11,13,15,17H,3-7H2,1-2H3. The normalized spacial score (nSPS) is 26.8. The number of aromatic nitrogens is 1. The maximum absolute atomic E-state index is 10.1. The first kappa shape index (κ1) is 12.6. The Morgan fingerprint density at radius 3 is 2.71 bits per heavy atom. The molecule has 17 heavy (non-hydrogen) atoms. The highest BCUT2D eigenvalue weighted by molar-refractivity contribution is 5.17. The summed E-state index contributed by atoms with van der Waals surface area (Å²) < 4.78 is 0. The van der Waals surface area contributed by atoms with Gasteiger partial charge in [-0.2, -0.15) is 0 Å². The summed E-state index contributed by atoms with van der Waals surface area (Å²) in [4.78, 5) is 4.55. The van der Waals surface area contributed by atoms with Crippen molar-refractivity contribution in [3.63, 3.8) is 0 Å². The van der Waals surface area contributed by atoms with Gasteiger partial charge in [-0.3, -0.25) is 4.98 Å². The van der Waals surface area contributed by atoms with Crippen molar-refractivity contribution in [1.29, 1.82) is 0 Å². The lowest BCUT2D eigenvalue weighted by molar-refractivity contribution is 0.0572. The fourth-order valence-corrected chi connectivity index (χ4v) is 2.86. The molecule has 0 bridgehead atoms. The summed E-state index contributed by atoms with van der Waals surface area (Å²) in [5.74, 6) is 0.764. The van der Waals surface area contributed by atoms with Crippen molar-refractivity contribution in [2.75, 3.05) is 0 Å². The maximum atomic E-state index is 10.1. The fraction of sp³-hybridized carbons (Fsp3) is 0.667. The van der Waals surface area contributed by atoms with E-state index in [9.17, 15) is 5.11 Å². The van der Waals surface area contributed by atoms with E-state index in [1.165, 1.54) is 18.4 Å². The summed E-state index contributed by atoms with van der Waals surface area (Å²) >= 11 is 0. The first-order valence-corrected chi connectivity index (χ1v) is 6.85. The second-order valence-electron chi connectivity index (χ2n) is 5.25. The molecule has 1 heterocycles. The third kappa shape index (κ3) is 2.86. The third-order valence-electron chi connectivity index (χ3n) is 4.15. The summed E-state index contributed by atoms with van der Waals surface area (Å²) in [6.45, 7) is 4.35. The number of rotatable bonds is 3. The summed E-state index contributed by atoms with van der Waals surface area (Å²) in [7, 11) is 0. The van der Waals surface area contributed by atoms with Crippen LogP contribution in [0.4, 0.5) is 0 Å². The van der Waals surface area contributed by atoms with Gasteiger partial charge in [-0.15, -0.1) is 0 Å². The molecular formula is C15H23NO. The largest absolute Gasteiger partial charge is 0.393 e. The van der Waals surface area contributed by atoms with Gasteiger partial charge in [0.1, 0.15) is 0 Å². The molecule has 1 aromatic heterocycles. The lowest BCUT2D eigenvalue weighted by atomic mass is 9.77. The minimum absolute atomic E-state index is 0.133. The van der Waals surface area contributed by atoms with E-state index < -0.39 is 0 Å². The predicted molar refractivity (Wildman–Crippen MR) is 70.0 cm³/mol. The Kier molecular flexibility index (Phi) is 4.16. The Bertz CT molecular complexity index is 346. The molecular weight excluding hydrogens is 210 g/mol. The molecule has 3 atom stereocenters. The van der Waals surface area contributed by atoms with E-state index in [4.69, 9.17) is 0 Å². The summed E-state index contributed by atoms with van der Waals surface area (Å²) in [5, 5.41) is 10.1. The van der Waals surface area contributed by atoms with Gasteiger partial charge in [0.15, 0.2) is 0 Å². The second-order valence-corrected chi connectivity index (χ2v) is 5.25. The number of aliphatic hydroxyl groups is 1. The van der Waals surface area contributed by atoms with Crippen molar-refractivity contribution in [1.82, 2.24) is 4.98 Å². The highest BCUT2D eigenvalue weighted by Crippen LogP contribution is 2.35. The zero-order valence-corrected chi connectivity index (χ0v) is 10.9. The molecule has 0 spiro atoms. The van der Waals surface area contributed by atoms with Gasteiger partial charge in [0.05, 0.1) is 6.10 Å². The first-order valence-electron chi connectivity index (χ1n) is 6.85. The quantitative estimate of drug-likeness (QED) is 0.869. The Balaban J connectivity index is 2.09. The van der Waals surface area contributed by atoms with Crippen LogP contribution in [-0.2, 0) is 6.42 Å². The van der Waals surface area contributed by atoms with Crippen LogP contribution in [0, 0.1) is 5.92 Å². The first-order chi connectivity index (χ1) is 8.22. The van der Waals surface area contributed by atoms with E-state index in [-0.39, 0.29) is 6.10 Å². The summed E-state index contributed by atoms with van der Waals surface area (Å²) in [5.41, 5.74) is 2.42. The zero-order valence-electron chi connectivity index (χ0n) is 10.9. The van der Waals surface area contributed by atoms with Gasteiger partial charge in [-0.05, 0) is 36.8 Å². The molecule has 0 amide bonds. The van der Waals surface area contributed by atoms with Crippen LogP contribution in [0.1, 0.15) is 56.7 Å². The van der Waals surface area contributed by atoms with Crippen LogP contribution in [0.5, 0.6) is 0 Å². The summed E-state index contributed by atoms with van der Waals surface area (Å²) in [6, 6.07) is 4.29. The number of pyridine rings is 1. The average Bonchev–Trinajstić information content (AvgIpc) is 2.39. The van der Waals surface area contributed by atoms with Gasteiger partial charge in [-0.25, -0.2) is 0 Å². The van der Waals surface area contributed by atoms with Crippen molar-refractivity contribution < 1.29 is 5.11 Å². The van der Waals surface area contributed by atoms with Gasteiger partial charge in [0, 0.05) is 17.8 Å². The number of nitrogens with zero attached hydrogens (tertiary/aromatic N) is 1. The van der Waals surface area contributed by atoms with Gasteiger partial charge in [-0.1, -0.05) is 32.8 Å². The molecule has 1 aliphatic carbocycles. The minimum atomic E-state index is -0.133. The molecule has 94 valence electrons. The number of hydrogen-bond acceptors (Lipinski definition) is 2. The molecule has 1 fully saturated rings. The highest BCUT2D eigenvalue weighted by Gasteiger charge is 2.29. The smallest absolute Gasteiger partial charge is 0.0574 e. The van der Waals surface area contributed by atoms with Crippen molar-refractivity contribution in [3.8, 4) is 0 Å². The van der Waals surface area contributed by atoms with Gasteiger partial charge >= 0.3 is 0 Å². The Labute approximate surface area is 104 Å². The molecule has 3 unspecified atom stereocenters. The molecule has 1 N–H and O–H groups in total. The Morgan fingerprint density at radius 1 is 1.35 bits per heavy atom. The molecule has 0 aromatic carbocycles. The summed E-state index contributed by atoms with van der Waals surface area (Å²) in [6.07, 6.45) is 7.40. The van der Waals surface area contributed by atoms with Crippen molar-refractivity contribution >= 4 is 0 Å². The van der Waals surface area contributed by atoms with E-state index in [2.05, 4.69) is 31.0 Å². The lowest BCUT2D eigenvalue weighted by Crippen LogP contribution is -2.29. The number of aliphatic hydroxyl groups excluding tert-OH is 1.